The molecule has 0 spiro atoms. The summed E-state index contributed by atoms with van der Waals surface area (Å²) < 4.78 is -0.0360. The van der Waals surface area contributed by atoms with Crippen LogP contribution in [0.2, 0.25) is 0 Å². The highest BCUT2D eigenvalue weighted by atomic mass is 35.5. The van der Waals surface area contributed by atoms with Crippen LogP contribution in [-0.2, 0) is 4.79 Å². The lowest BCUT2D eigenvalue weighted by molar-refractivity contribution is -0.128. The number of hydrogen-bond donors (Lipinski definition) is 1. The van der Waals surface area contributed by atoms with Crippen molar-refractivity contribution in [2.75, 3.05) is 0 Å². The predicted octanol–water partition coefficient (Wildman–Crippen LogP) is 3.43. The summed E-state index contributed by atoms with van der Waals surface area (Å²) in [6.07, 6.45) is 0. The largest absolute Gasteiger partial charge is 0.477 e. The van der Waals surface area contributed by atoms with Crippen molar-refractivity contribution in [1.29, 1.82) is 0 Å². The Labute approximate surface area is 146 Å². The number of hydrogen-bond acceptors (Lipinski definition) is 1. The molecule has 0 aliphatic heterocycles. The van der Waals surface area contributed by atoms with Crippen molar-refractivity contribution in [3.63, 3.8) is 0 Å². The molecule has 2 nitrogen and oxygen atoms in total. The van der Waals surface area contributed by atoms with Crippen LogP contribution in [0.25, 0.3) is 0 Å². The number of rotatable bonds is 4. The zero-order valence-electron chi connectivity index (χ0n) is 12.8. The summed E-state index contributed by atoms with van der Waals surface area (Å²) in [5, 5.41) is 12.5. The maximum absolute atomic E-state index is 11.9. The van der Waals surface area contributed by atoms with E-state index in [1.54, 1.807) is 0 Å². The fourth-order valence-electron chi connectivity index (χ4n) is 2.89. The van der Waals surface area contributed by atoms with E-state index in [0.717, 1.165) is 15.9 Å². The minimum absolute atomic E-state index is 0.0360. The molecule has 120 valence electrons. The Morgan fingerprint density at radius 1 is 0.667 bits per heavy atom. The molecule has 3 rings (SSSR count). The average Bonchev–Trinajstić information content (AvgIpc) is 2.65. The maximum Gasteiger partial charge on any atom is 0.348 e. The van der Waals surface area contributed by atoms with Gasteiger partial charge < -0.3 is 5.11 Å². The highest BCUT2D eigenvalue weighted by Crippen LogP contribution is 2.47. The van der Waals surface area contributed by atoms with Crippen LogP contribution in [-0.4, -0.2) is 15.8 Å². The average molecular weight is 355 g/mol. The molecule has 0 bridgehead atoms. The molecule has 24 heavy (non-hydrogen) atoms. The quantitative estimate of drug-likeness (QED) is 0.729. The Bertz CT molecular complexity index is 787. The van der Waals surface area contributed by atoms with Gasteiger partial charge in [0, 0.05) is 6.89 Å². The molecular weight excluding hydrogens is 339 g/mol. The number of halogens is 1. The van der Waals surface area contributed by atoms with Crippen LogP contribution in [0.5, 0.6) is 0 Å². The second kappa shape index (κ2) is 7.09. The molecule has 0 aliphatic rings. The smallest absolute Gasteiger partial charge is 0.348 e. The topological polar surface area (TPSA) is 37.3 Å². The molecule has 0 atom stereocenters. The first kappa shape index (κ1) is 16.6. The van der Waals surface area contributed by atoms with E-state index in [0.29, 0.717) is 0 Å². The minimum atomic E-state index is -2.62. The summed E-state index contributed by atoms with van der Waals surface area (Å²) >= 11 is 6.51. The van der Waals surface area contributed by atoms with Gasteiger partial charge in [0.25, 0.3) is 0 Å². The third-order valence-corrected chi connectivity index (χ3v) is 8.82. The third-order valence-electron chi connectivity index (χ3n) is 3.90. The summed E-state index contributed by atoms with van der Waals surface area (Å²) in [7, 11) is 0. The van der Waals surface area contributed by atoms with E-state index in [1.165, 1.54) is 0 Å². The fraction of sp³-hybridized carbons (Fsp3) is 0. The van der Waals surface area contributed by atoms with Crippen molar-refractivity contribution in [2.24, 2.45) is 0 Å². The molecule has 0 saturated carbocycles. The monoisotopic (exact) mass is 354 g/mol. The van der Waals surface area contributed by atoms with E-state index >= 15 is 0 Å². The number of carboxylic acids is 1. The van der Waals surface area contributed by atoms with Crippen molar-refractivity contribution in [3.05, 3.63) is 91.0 Å². The van der Waals surface area contributed by atoms with Gasteiger partial charge in [-0.3, -0.25) is 0 Å². The van der Waals surface area contributed by atoms with Crippen LogP contribution in [0.3, 0.4) is 0 Å². The molecule has 3 aromatic carbocycles. The zero-order chi connectivity index (χ0) is 17.0. The van der Waals surface area contributed by atoms with Gasteiger partial charge in [-0.15, -0.1) is 0 Å². The lowest BCUT2D eigenvalue weighted by Gasteiger charge is -2.29. The Morgan fingerprint density at radius 2 is 0.958 bits per heavy atom. The van der Waals surface area contributed by atoms with Gasteiger partial charge in [0.05, 0.1) is 0 Å². The molecular formula is C20H16ClO2P. The maximum atomic E-state index is 11.9. The minimum Gasteiger partial charge on any atom is -0.477 e. The normalized spacial score (nSPS) is 11.0. The molecule has 0 fully saturated rings. The summed E-state index contributed by atoms with van der Waals surface area (Å²) in [5.74, 6) is -1.08. The van der Waals surface area contributed by atoms with Crippen LogP contribution in [0.15, 0.2) is 91.0 Å². The van der Waals surface area contributed by atoms with Crippen molar-refractivity contribution < 1.29 is 9.90 Å². The van der Waals surface area contributed by atoms with Crippen LogP contribution < -0.4 is 15.9 Å². The Hall–Kier alpha value is -2.28. The lowest BCUT2D eigenvalue weighted by atomic mass is 10.4. The fourth-order valence-corrected chi connectivity index (χ4v) is 7.48. The second-order valence-corrected chi connectivity index (χ2v) is 9.25. The first-order valence-electron chi connectivity index (χ1n) is 7.49. The van der Waals surface area contributed by atoms with Crippen LogP contribution in [0.4, 0.5) is 0 Å². The van der Waals surface area contributed by atoms with Gasteiger partial charge in [0.15, 0.2) is 0 Å². The first-order valence-corrected chi connectivity index (χ1v) is 9.66. The highest BCUT2D eigenvalue weighted by Gasteiger charge is 2.32. The van der Waals surface area contributed by atoms with Crippen molar-refractivity contribution in [2.45, 2.75) is 0 Å². The Balaban J connectivity index is 2.53. The van der Waals surface area contributed by atoms with Crippen molar-refractivity contribution in [1.82, 2.24) is 0 Å². The van der Waals surface area contributed by atoms with Crippen LogP contribution >= 0.6 is 18.5 Å². The SMILES string of the molecule is O=C(O)C(Cl)=P(c1ccccc1)(c1ccccc1)c1ccccc1. The highest BCUT2D eigenvalue weighted by molar-refractivity contribution is 7.98. The van der Waals surface area contributed by atoms with Gasteiger partial charge in [-0.2, -0.15) is 0 Å². The summed E-state index contributed by atoms with van der Waals surface area (Å²) in [6.45, 7) is -2.62. The second-order valence-electron chi connectivity index (χ2n) is 5.27. The van der Waals surface area contributed by atoms with Crippen LogP contribution in [0.1, 0.15) is 0 Å². The van der Waals surface area contributed by atoms with Crippen molar-refractivity contribution in [3.8, 4) is 0 Å². The molecule has 0 radical (unpaired) electrons. The van der Waals surface area contributed by atoms with E-state index in [1.807, 2.05) is 91.0 Å². The number of aliphatic carboxylic acids is 1. The molecule has 0 aliphatic carbocycles. The van der Waals surface area contributed by atoms with E-state index in [-0.39, 0.29) is 4.75 Å². The molecule has 0 saturated heterocycles. The molecule has 3 aromatic rings. The Morgan fingerprint density at radius 3 is 1.21 bits per heavy atom. The van der Waals surface area contributed by atoms with Gasteiger partial charge in [0.2, 0.25) is 0 Å². The van der Waals surface area contributed by atoms with Crippen LogP contribution in [0, 0.1) is 0 Å². The number of carboxylic acid groups (broad SMARTS) is 1. The summed E-state index contributed by atoms with van der Waals surface area (Å²) in [4.78, 5) is 11.9. The third kappa shape index (κ3) is 2.80. The van der Waals surface area contributed by atoms with Crippen molar-refractivity contribution >= 4 is 45.1 Å². The predicted molar refractivity (Wildman–Crippen MR) is 104 cm³/mol. The van der Waals surface area contributed by atoms with Gasteiger partial charge >= 0.3 is 5.97 Å². The van der Waals surface area contributed by atoms with Gasteiger partial charge in [0.1, 0.15) is 4.75 Å². The van der Waals surface area contributed by atoms with E-state index < -0.39 is 12.9 Å². The van der Waals surface area contributed by atoms with E-state index in [2.05, 4.69) is 0 Å². The number of carbonyl (C=O) groups is 1. The molecule has 4 heteroatoms. The summed E-state index contributed by atoms with van der Waals surface area (Å²) in [6, 6.07) is 29.0. The van der Waals surface area contributed by atoms with E-state index in [9.17, 15) is 9.90 Å². The number of benzene rings is 3. The molecule has 0 aromatic heterocycles. The molecule has 0 unspecified atom stereocenters. The molecule has 1 N–H and O–H groups in total. The van der Waals surface area contributed by atoms with E-state index in [4.69, 9.17) is 11.6 Å². The molecule has 0 amide bonds. The lowest BCUT2D eigenvalue weighted by Crippen LogP contribution is -2.31. The zero-order valence-corrected chi connectivity index (χ0v) is 14.5. The first-order chi connectivity index (χ1) is 11.7. The molecule has 0 heterocycles. The summed E-state index contributed by atoms with van der Waals surface area (Å²) in [5.41, 5.74) is 0. The van der Waals surface area contributed by atoms with Gasteiger partial charge in [-0.05, 0) is 15.9 Å². The van der Waals surface area contributed by atoms with Gasteiger partial charge in [-0.25, -0.2) is 4.79 Å². The standard InChI is InChI=1S/C20H16ClO2P/c21-19(20(22)23)24(16-10-4-1-5-11-16,17-12-6-2-7-13-17)18-14-8-3-9-15-18/h1-15H,(H,22,23). The van der Waals surface area contributed by atoms with Gasteiger partial charge in [-0.1, -0.05) is 103 Å². The Kier molecular flexibility index (Phi) is 4.89.